The van der Waals surface area contributed by atoms with Gasteiger partial charge in [0, 0.05) is 6.20 Å². The molecule has 0 spiro atoms. The maximum atomic E-state index is 12.8. The lowest BCUT2D eigenvalue weighted by Gasteiger charge is -2.17. The normalized spacial score (nSPS) is 12.0. The second-order valence-corrected chi connectivity index (χ2v) is 6.32. The van der Waals surface area contributed by atoms with E-state index >= 15 is 0 Å². The monoisotopic (exact) mass is 384 g/mol. The number of hydrogen-bond donors (Lipinski definition) is 1. The van der Waals surface area contributed by atoms with Crippen LogP contribution in [0.3, 0.4) is 0 Å². The van der Waals surface area contributed by atoms with Gasteiger partial charge in [0.15, 0.2) is 11.9 Å². The van der Waals surface area contributed by atoms with Crippen LogP contribution in [0.25, 0.3) is 0 Å². The van der Waals surface area contributed by atoms with Gasteiger partial charge < -0.3 is 10.1 Å². The first-order chi connectivity index (χ1) is 12.0. The highest BCUT2D eigenvalue weighted by molar-refractivity contribution is 6.35. The molecule has 0 aliphatic rings. The van der Waals surface area contributed by atoms with E-state index in [0.717, 1.165) is 5.56 Å². The summed E-state index contributed by atoms with van der Waals surface area (Å²) in [5.74, 6) is -0.156. The Bertz CT molecular complexity index is 711. The van der Waals surface area contributed by atoms with E-state index in [0.29, 0.717) is 24.4 Å². The highest BCUT2D eigenvalue weighted by atomic mass is 35.5. The molecule has 0 saturated carbocycles. The summed E-state index contributed by atoms with van der Waals surface area (Å²) < 4.78 is 18.4. The number of pyridine rings is 1. The molecule has 1 aromatic carbocycles. The zero-order valence-electron chi connectivity index (χ0n) is 13.8. The number of ether oxygens (including phenoxy) is 1. The zero-order valence-corrected chi connectivity index (χ0v) is 15.3. The summed E-state index contributed by atoms with van der Waals surface area (Å²) in [7, 11) is 0. The summed E-state index contributed by atoms with van der Waals surface area (Å²) in [5.41, 5.74) is 1.00. The highest BCUT2D eigenvalue weighted by Gasteiger charge is 2.19. The Morgan fingerprint density at radius 3 is 2.68 bits per heavy atom. The highest BCUT2D eigenvalue weighted by Crippen LogP contribution is 2.25. The maximum absolute atomic E-state index is 12.8. The number of hydrogen-bond acceptors (Lipinski definition) is 4. The molecule has 1 heterocycles. The van der Waals surface area contributed by atoms with Crippen molar-refractivity contribution in [2.75, 3.05) is 13.1 Å². The van der Waals surface area contributed by atoms with Crippen molar-refractivity contribution >= 4 is 29.0 Å². The Morgan fingerprint density at radius 2 is 2.04 bits per heavy atom. The van der Waals surface area contributed by atoms with E-state index in [1.54, 1.807) is 12.1 Å². The molecule has 0 radical (unpaired) electrons. The van der Waals surface area contributed by atoms with Crippen LogP contribution in [-0.2, 0) is 11.2 Å². The Hall–Kier alpha value is -1.69. The fourth-order valence-corrected chi connectivity index (χ4v) is 2.63. The SMILES string of the molecule is CCC(Oc1ncc(Cl)cc1Cl)C(=O)CNCCc1ccc(F)cc1. The molecular weight excluding hydrogens is 366 g/mol. The summed E-state index contributed by atoms with van der Waals surface area (Å²) in [5, 5.41) is 3.74. The molecule has 0 amide bonds. The van der Waals surface area contributed by atoms with E-state index in [4.69, 9.17) is 27.9 Å². The van der Waals surface area contributed by atoms with Crippen LogP contribution >= 0.6 is 23.2 Å². The molecule has 2 rings (SSSR count). The summed E-state index contributed by atoms with van der Waals surface area (Å²) in [6.45, 7) is 2.63. The third-order valence-electron chi connectivity index (χ3n) is 3.56. The number of benzene rings is 1. The first kappa shape index (κ1) is 19.6. The minimum atomic E-state index is -0.635. The van der Waals surface area contributed by atoms with Gasteiger partial charge in [0.25, 0.3) is 0 Å². The van der Waals surface area contributed by atoms with E-state index in [1.807, 2.05) is 6.92 Å². The first-order valence-electron chi connectivity index (χ1n) is 7.95. The Kier molecular flexibility index (Phi) is 7.62. The maximum Gasteiger partial charge on any atom is 0.233 e. The summed E-state index contributed by atoms with van der Waals surface area (Å²) >= 11 is 11.8. The number of nitrogens with one attached hydrogen (secondary N) is 1. The van der Waals surface area contributed by atoms with Gasteiger partial charge in [-0.05, 0) is 43.1 Å². The lowest BCUT2D eigenvalue weighted by molar-refractivity contribution is -0.125. The number of carbonyl (C=O) groups is 1. The number of Topliss-reactive ketones (excluding diaryl/α,β-unsaturated/α-hetero) is 1. The van der Waals surface area contributed by atoms with Gasteiger partial charge in [-0.2, -0.15) is 0 Å². The second kappa shape index (κ2) is 9.70. The average molecular weight is 385 g/mol. The molecule has 7 heteroatoms. The lowest BCUT2D eigenvalue weighted by atomic mass is 10.1. The van der Waals surface area contributed by atoms with Crippen molar-refractivity contribution in [2.24, 2.45) is 0 Å². The predicted octanol–water partition coefficient (Wildman–Crippen LogP) is 4.09. The minimum absolute atomic E-state index is 0.0885. The first-order valence-corrected chi connectivity index (χ1v) is 8.70. The molecule has 1 N–H and O–H groups in total. The van der Waals surface area contributed by atoms with Crippen LogP contribution in [0.15, 0.2) is 36.5 Å². The number of rotatable bonds is 9. The topological polar surface area (TPSA) is 51.2 Å². The Balaban J connectivity index is 1.80. The Labute approximate surface area is 156 Å². The van der Waals surface area contributed by atoms with Gasteiger partial charge in [-0.25, -0.2) is 9.37 Å². The van der Waals surface area contributed by atoms with Crippen molar-refractivity contribution in [1.29, 1.82) is 0 Å². The summed E-state index contributed by atoms with van der Waals surface area (Å²) in [4.78, 5) is 16.3. The fraction of sp³-hybridized carbons (Fsp3) is 0.333. The van der Waals surface area contributed by atoms with Crippen molar-refractivity contribution in [2.45, 2.75) is 25.9 Å². The van der Waals surface area contributed by atoms with Gasteiger partial charge in [0.2, 0.25) is 5.88 Å². The number of ketones is 1. The predicted molar refractivity (Wildman–Crippen MR) is 96.9 cm³/mol. The standard InChI is InChI=1S/C18H19Cl2FN2O2/c1-2-17(25-18-15(20)9-13(19)10-23-18)16(24)11-22-8-7-12-3-5-14(21)6-4-12/h3-6,9-10,17,22H,2,7-8,11H2,1H3. The third-order valence-corrected chi connectivity index (χ3v) is 4.04. The molecule has 134 valence electrons. The van der Waals surface area contributed by atoms with E-state index in [2.05, 4.69) is 10.3 Å². The van der Waals surface area contributed by atoms with Gasteiger partial charge in [-0.1, -0.05) is 42.3 Å². The number of aromatic nitrogens is 1. The molecule has 1 atom stereocenters. The van der Waals surface area contributed by atoms with Crippen LogP contribution in [0.4, 0.5) is 4.39 Å². The molecule has 0 aliphatic carbocycles. The van der Waals surface area contributed by atoms with E-state index < -0.39 is 6.10 Å². The number of carbonyl (C=O) groups excluding carboxylic acids is 1. The zero-order chi connectivity index (χ0) is 18.2. The number of nitrogens with zero attached hydrogens (tertiary/aromatic N) is 1. The number of halogens is 3. The van der Waals surface area contributed by atoms with Crippen LogP contribution in [0.1, 0.15) is 18.9 Å². The van der Waals surface area contributed by atoms with Gasteiger partial charge in [-0.15, -0.1) is 0 Å². The van der Waals surface area contributed by atoms with Crippen molar-refractivity contribution in [3.8, 4) is 5.88 Å². The van der Waals surface area contributed by atoms with Crippen LogP contribution < -0.4 is 10.1 Å². The fourth-order valence-electron chi connectivity index (χ4n) is 2.21. The molecular formula is C18H19Cl2FN2O2. The minimum Gasteiger partial charge on any atom is -0.465 e. The third kappa shape index (κ3) is 6.27. The average Bonchev–Trinajstić information content (AvgIpc) is 2.59. The molecule has 0 bridgehead atoms. The molecule has 25 heavy (non-hydrogen) atoms. The van der Waals surface area contributed by atoms with Crippen LogP contribution in [0.2, 0.25) is 10.0 Å². The molecule has 0 aliphatic heterocycles. The van der Waals surface area contributed by atoms with Crippen molar-refractivity contribution in [3.63, 3.8) is 0 Å². The van der Waals surface area contributed by atoms with Crippen molar-refractivity contribution < 1.29 is 13.9 Å². The van der Waals surface area contributed by atoms with Gasteiger partial charge in [0.05, 0.1) is 11.6 Å². The largest absolute Gasteiger partial charge is 0.465 e. The molecule has 4 nitrogen and oxygen atoms in total. The van der Waals surface area contributed by atoms with E-state index in [-0.39, 0.29) is 29.0 Å². The van der Waals surface area contributed by atoms with Crippen LogP contribution in [0.5, 0.6) is 5.88 Å². The smallest absolute Gasteiger partial charge is 0.233 e. The van der Waals surface area contributed by atoms with Crippen molar-refractivity contribution in [3.05, 3.63) is 58.0 Å². The summed E-state index contributed by atoms with van der Waals surface area (Å²) in [6.07, 6.45) is 1.99. The van der Waals surface area contributed by atoms with E-state index in [9.17, 15) is 9.18 Å². The van der Waals surface area contributed by atoms with Gasteiger partial charge in [-0.3, -0.25) is 4.79 Å². The molecule has 0 saturated heterocycles. The van der Waals surface area contributed by atoms with Crippen LogP contribution in [-0.4, -0.2) is 30.0 Å². The van der Waals surface area contributed by atoms with E-state index in [1.165, 1.54) is 24.4 Å². The Morgan fingerprint density at radius 1 is 1.32 bits per heavy atom. The molecule has 1 aromatic heterocycles. The summed E-state index contributed by atoms with van der Waals surface area (Å²) in [6, 6.07) is 7.81. The lowest BCUT2D eigenvalue weighted by Crippen LogP contribution is -2.36. The van der Waals surface area contributed by atoms with Gasteiger partial charge >= 0.3 is 0 Å². The quantitative estimate of drug-likeness (QED) is 0.661. The molecule has 2 aromatic rings. The molecule has 0 fully saturated rings. The van der Waals surface area contributed by atoms with Gasteiger partial charge in [0.1, 0.15) is 10.8 Å². The second-order valence-electron chi connectivity index (χ2n) is 5.47. The van der Waals surface area contributed by atoms with Crippen molar-refractivity contribution in [1.82, 2.24) is 10.3 Å². The van der Waals surface area contributed by atoms with Crippen LogP contribution in [0, 0.1) is 5.82 Å². The molecule has 1 unspecified atom stereocenters.